The van der Waals surface area contributed by atoms with Crippen molar-refractivity contribution in [3.05, 3.63) is 70.3 Å². The van der Waals surface area contributed by atoms with Crippen LogP contribution in [0.2, 0.25) is 0 Å². The Bertz CT molecular complexity index is 1010. The third-order valence-corrected chi connectivity index (χ3v) is 5.57. The predicted molar refractivity (Wildman–Crippen MR) is 110 cm³/mol. The molecule has 4 rings (SSSR count). The molecule has 0 amide bonds. The number of hydrogen-bond donors (Lipinski definition) is 1. The van der Waals surface area contributed by atoms with Crippen molar-refractivity contribution in [2.24, 2.45) is 0 Å². The molecule has 2 heterocycles. The Labute approximate surface area is 158 Å². The van der Waals surface area contributed by atoms with E-state index in [9.17, 15) is 0 Å². The molecule has 2 aromatic heterocycles. The molecule has 0 fully saturated rings. The zero-order chi connectivity index (χ0) is 17.2. The van der Waals surface area contributed by atoms with Crippen molar-refractivity contribution in [2.75, 3.05) is 5.32 Å². The average molecular weight is 410 g/mol. The summed E-state index contributed by atoms with van der Waals surface area (Å²) < 4.78 is 1.05. The van der Waals surface area contributed by atoms with Crippen molar-refractivity contribution in [3.63, 3.8) is 0 Å². The first-order chi connectivity index (χ1) is 12.2. The van der Waals surface area contributed by atoms with Crippen LogP contribution in [0.5, 0.6) is 0 Å². The van der Waals surface area contributed by atoms with Gasteiger partial charge in [0.15, 0.2) is 0 Å². The Hall–Kier alpha value is -2.24. The van der Waals surface area contributed by atoms with Crippen molar-refractivity contribution in [1.29, 1.82) is 0 Å². The van der Waals surface area contributed by atoms with Crippen molar-refractivity contribution in [2.45, 2.75) is 13.3 Å². The van der Waals surface area contributed by atoms with Gasteiger partial charge in [-0.2, -0.15) is 0 Å². The molecular weight excluding hydrogens is 394 g/mol. The number of hydrogen-bond acceptors (Lipinski definition) is 4. The molecule has 3 nitrogen and oxygen atoms in total. The fraction of sp³-hybridized carbons (Fsp3) is 0.100. The van der Waals surface area contributed by atoms with Crippen LogP contribution >= 0.6 is 27.3 Å². The van der Waals surface area contributed by atoms with Crippen LogP contribution in [0.3, 0.4) is 0 Å². The van der Waals surface area contributed by atoms with Crippen molar-refractivity contribution in [1.82, 2.24) is 9.97 Å². The van der Waals surface area contributed by atoms with Crippen LogP contribution in [0.4, 0.5) is 11.5 Å². The number of thiophene rings is 1. The van der Waals surface area contributed by atoms with Gasteiger partial charge in [0.1, 0.15) is 17.0 Å². The highest BCUT2D eigenvalue weighted by Gasteiger charge is 2.13. The van der Waals surface area contributed by atoms with E-state index in [1.807, 2.05) is 24.3 Å². The van der Waals surface area contributed by atoms with E-state index in [1.54, 1.807) is 17.7 Å². The van der Waals surface area contributed by atoms with E-state index in [4.69, 9.17) is 0 Å². The van der Waals surface area contributed by atoms with Crippen molar-refractivity contribution >= 4 is 49.0 Å². The van der Waals surface area contributed by atoms with Gasteiger partial charge in [-0.25, -0.2) is 9.97 Å². The average Bonchev–Trinajstić information content (AvgIpc) is 3.09. The number of aromatic nitrogens is 2. The van der Waals surface area contributed by atoms with Gasteiger partial charge in [-0.05, 0) is 41.8 Å². The monoisotopic (exact) mass is 409 g/mol. The van der Waals surface area contributed by atoms with Gasteiger partial charge in [0.2, 0.25) is 0 Å². The number of rotatable bonds is 4. The lowest BCUT2D eigenvalue weighted by Gasteiger charge is -2.09. The van der Waals surface area contributed by atoms with Crippen LogP contribution in [0.1, 0.15) is 12.5 Å². The molecule has 0 aliphatic rings. The molecule has 0 radical (unpaired) electrons. The summed E-state index contributed by atoms with van der Waals surface area (Å²) >= 11 is 5.11. The molecule has 2 aromatic carbocycles. The van der Waals surface area contributed by atoms with Crippen LogP contribution in [-0.4, -0.2) is 9.97 Å². The zero-order valence-corrected chi connectivity index (χ0v) is 16.1. The maximum atomic E-state index is 4.49. The normalized spacial score (nSPS) is 11.0. The molecule has 1 N–H and O–H groups in total. The SMILES string of the molecule is CCc1ccc(-c2csc3ncnc(Nc4ccc(Br)cc4)c23)cc1. The predicted octanol–water partition coefficient (Wildman–Crippen LogP) is 6.43. The Morgan fingerprint density at radius 2 is 1.76 bits per heavy atom. The minimum Gasteiger partial charge on any atom is -0.340 e. The second-order valence-electron chi connectivity index (χ2n) is 5.73. The summed E-state index contributed by atoms with van der Waals surface area (Å²) in [5.41, 5.74) is 4.70. The fourth-order valence-corrected chi connectivity index (χ4v) is 3.95. The molecule has 0 saturated heterocycles. The number of anilines is 2. The third-order valence-electron chi connectivity index (χ3n) is 4.15. The molecule has 0 spiro atoms. The molecule has 5 heteroatoms. The van der Waals surface area contributed by atoms with Gasteiger partial charge in [-0.1, -0.05) is 47.1 Å². The molecule has 0 aliphatic heterocycles. The molecule has 25 heavy (non-hydrogen) atoms. The minimum atomic E-state index is 0.836. The number of halogens is 1. The minimum absolute atomic E-state index is 0.836. The molecule has 0 unspecified atom stereocenters. The number of nitrogens with zero attached hydrogens (tertiary/aromatic N) is 2. The Balaban J connectivity index is 1.79. The van der Waals surface area contributed by atoms with Crippen LogP contribution in [-0.2, 0) is 6.42 Å². The van der Waals surface area contributed by atoms with E-state index < -0.39 is 0 Å². The van der Waals surface area contributed by atoms with Gasteiger partial charge >= 0.3 is 0 Å². The summed E-state index contributed by atoms with van der Waals surface area (Å²) in [4.78, 5) is 9.92. The molecule has 124 valence electrons. The first-order valence-electron chi connectivity index (χ1n) is 8.08. The highest BCUT2D eigenvalue weighted by atomic mass is 79.9. The van der Waals surface area contributed by atoms with E-state index in [-0.39, 0.29) is 0 Å². The van der Waals surface area contributed by atoms with E-state index in [1.165, 1.54) is 16.7 Å². The molecule has 0 atom stereocenters. The summed E-state index contributed by atoms with van der Waals surface area (Å²) in [5, 5.41) is 6.66. The van der Waals surface area contributed by atoms with Gasteiger partial charge < -0.3 is 5.32 Å². The van der Waals surface area contributed by atoms with E-state index >= 15 is 0 Å². The largest absolute Gasteiger partial charge is 0.340 e. The molecular formula is C20H16BrN3S. The van der Waals surface area contributed by atoms with Crippen LogP contribution in [0.15, 0.2) is 64.7 Å². The summed E-state index contributed by atoms with van der Waals surface area (Å²) in [6, 6.07) is 16.8. The molecule has 4 aromatic rings. The van der Waals surface area contributed by atoms with E-state index in [0.29, 0.717) is 0 Å². The Kier molecular flexibility index (Phi) is 4.51. The lowest BCUT2D eigenvalue weighted by molar-refractivity contribution is 1.14. The van der Waals surface area contributed by atoms with Crippen LogP contribution in [0.25, 0.3) is 21.3 Å². The summed E-state index contributed by atoms with van der Waals surface area (Å²) in [6.45, 7) is 2.17. The Morgan fingerprint density at radius 1 is 1.00 bits per heavy atom. The first-order valence-corrected chi connectivity index (χ1v) is 9.76. The van der Waals surface area contributed by atoms with Crippen LogP contribution < -0.4 is 5.32 Å². The second kappa shape index (κ2) is 6.94. The number of aryl methyl sites for hydroxylation is 1. The zero-order valence-electron chi connectivity index (χ0n) is 13.7. The van der Waals surface area contributed by atoms with Gasteiger partial charge in [0.05, 0.1) is 5.39 Å². The highest BCUT2D eigenvalue weighted by molar-refractivity contribution is 9.10. The fourth-order valence-electron chi connectivity index (χ4n) is 2.77. The lowest BCUT2D eigenvalue weighted by atomic mass is 10.0. The van der Waals surface area contributed by atoms with Gasteiger partial charge in [-0.15, -0.1) is 11.3 Å². The van der Waals surface area contributed by atoms with Crippen LogP contribution in [0, 0.1) is 0 Å². The molecule has 0 aliphatic carbocycles. The van der Waals surface area contributed by atoms with Gasteiger partial charge in [-0.3, -0.25) is 0 Å². The van der Waals surface area contributed by atoms with Crippen molar-refractivity contribution < 1.29 is 0 Å². The summed E-state index contributed by atoms with van der Waals surface area (Å²) in [7, 11) is 0. The van der Waals surface area contributed by atoms with Crippen molar-refractivity contribution in [3.8, 4) is 11.1 Å². The van der Waals surface area contributed by atoms with Gasteiger partial charge in [0.25, 0.3) is 0 Å². The van der Waals surface area contributed by atoms with E-state index in [2.05, 4.69) is 67.8 Å². The maximum Gasteiger partial charge on any atom is 0.143 e. The molecule has 0 bridgehead atoms. The number of fused-ring (bicyclic) bond motifs is 1. The lowest BCUT2D eigenvalue weighted by Crippen LogP contribution is -1.95. The smallest absolute Gasteiger partial charge is 0.143 e. The number of nitrogens with one attached hydrogen (secondary N) is 1. The first kappa shape index (κ1) is 16.2. The standard InChI is InChI=1S/C20H16BrN3S/c1-2-13-3-5-14(6-4-13)17-11-25-20-18(17)19(22-12-23-20)24-16-9-7-15(21)8-10-16/h3-12H,2H2,1H3,(H,22,23,24). The topological polar surface area (TPSA) is 37.8 Å². The summed E-state index contributed by atoms with van der Waals surface area (Å²) in [5.74, 6) is 0.836. The van der Waals surface area contributed by atoms with E-state index in [0.717, 1.165) is 32.6 Å². The number of benzene rings is 2. The molecule has 0 saturated carbocycles. The highest BCUT2D eigenvalue weighted by Crippen LogP contribution is 2.37. The maximum absolute atomic E-state index is 4.49. The van der Waals surface area contributed by atoms with Gasteiger partial charge in [0, 0.05) is 21.1 Å². The quantitative estimate of drug-likeness (QED) is 0.422. The second-order valence-corrected chi connectivity index (χ2v) is 7.51. The Morgan fingerprint density at radius 3 is 2.48 bits per heavy atom. The summed E-state index contributed by atoms with van der Waals surface area (Å²) in [6.07, 6.45) is 2.66. The third kappa shape index (κ3) is 3.30.